The Morgan fingerprint density at radius 3 is 2.72 bits per heavy atom. The number of nitrogens with two attached hydrogens (primary N) is 1. The van der Waals surface area contributed by atoms with Gasteiger partial charge in [0, 0.05) is 12.1 Å². The number of hydrogen-bond donors (Lipinski definition) is 2. The molecule has 0 aliphatic rings. The second-order valence-electron chi connectivity index (χ2n) is 3.76. The van der Waals surface area contributed by atoms with Crippen molar-refractivity contribution in [3.8, 4) is 0 Å². The monoisotopic (exact) mass is 244 g/mol. The molecule has 0 aliphatic carbocycles. The van der Waals surface area contributed by atoms with Crippen LogP contribution in [-0.4, -0.2) is 11.8 Å². The van der Waals surface area contributed by atoms with Crippen LogP contribution >= 0.6 is 0 Å². The van der Waals surface area contributed by atoms with Crippen LogP contribution < -0.4 is 11.1 Å². The van der Waals surface area contributed by atoms with Gasteiger partial charge in [-0.3, -0.25) is 9.59 Å². The highest BCUT2D eigenvalue weighted by atomic mass is 16.3. The van der Waals surface area contributed by atoms with Crippen molar-refractivity contribution in [2.75, 3.05) is 0 Å². The summed E-state index contributed by atoms with van der Waals surface area (Å²) in [5, 5.41) is 2.72. The van der Waals surface area contributed by atoms with Gasteiger partial charge in [-0.25, -0.2) is 0 Å². The number of hydrogen-bond acceptors (Lipinski definition) is 3. The van der Waals surface area contributed by atoms with E-state index in [1.165, 1.54) is 12.5 Å². The first-order valence-corrected chi connectivity index (χ1v) is 5.36. The van der Waals surface area contributed by atoms with Gasteiger partial charge in [-0.2, -0.15) is 0 Å². The number of nitrogens with one attached hydrogen (secondary N) is 1. The van der Waals surface area contributed by atoms with Crippen molar-refractivity contribution in [1.29, 1.82) is 0 Å². The van der Waals surface area contributed by atoms with Gasteiger partial charge in [0.05, 0.1) is 11.8 Å². The predicted octanol–water partition coefficient (Wildman–Crippen LogP) is 1.31. The quantitative estimate of drug-likeness (QED) is 0.850. The van der Waals surface area contributed by atoms with Gasteiger partial charge in [-0.1, -0.05) is 12.1 Å². The second-order valence-corrected chi connectivity index (χ2v) is 3.76. The molecule has 0 saturated heterocycles. The Bertz CT molecular complexity index is 561. The lowest BCUT2D eigenvalue weighted by Crippen LogP contribution is -2.22. The highest BCUT2D eigenvalue weighted by Crippen LogP contribution is 2.05. The Hall–Kier alpha value is -2.56. The number of amides is 2. The molecule has 2 rings (SSSR count). The van der Waals surface area contributed by atoms with Crippen LogP contribution in [0.5, 0.6) is 0 Å². The van der Waals surface area contributed by atoms with Crippen molar-refractivity contribution in [1.82, 2.24) is 5.32 Å². The van der Waals surface area contributed by atoms with Crippen molar-refractivity contribution >= 4 is 11.8 Å². The smallest absolute Gasteiger partial charge is 0.254 e. The maximum atomic E-state index is 11.6. The lowest BCUT2D eigenvalue weighted by Gasteiger charge is -2.04. The number of primary amides is 1. The van der Waals surface area contributed by atoms with Crippen LogP contribution in [0.25, 0.3) is 0 Å². The van der Waals surface area contributed by atoms with E-state index in [-0.39, 0.29) is 5.91 Å². The Morgan fingerprint density at radius 1 is 1.22 bits per heavy atom. The molecule has 1 heterocycles. The van der Waals surface area contributed by atoms with Crippen molar-refractivity contribution in [3.05, 3.63) is 59.5 Å². The van der Waals surface area contributed by atoms with Gasteiger partial charge in [0.15, 0.2) is 0 Å². The van der Waals surface area contributed by atoms with Gasteiger partial charge in [-0.05, 0) is 23.8 Å². The third kappa shape index (κ3) is 2.76. The molecule has 0 atom stereocenters. The molecular weight excluding hydrogens is 232 g/mol. The molecule has 18 heavy (non-hydrogen) atoms. The summed E-state index contributed by atoms with van der Waals surface area (Å²) in [6, 6.07) is 8.39. The van der Waals surface area contributed by atoms with E-state index in [2.05, 4.69) is 5.32 Å². The van der Waals surface area contributed by atoms with Crippen molar-refractivity contribution < 1.29 is 14.0 Å². The SMILES string of the molecule is NC(=O)c1cccc(CNC(=O)c2ccoc2)c1. The molecule has 0 aliphatic heterocycles. The van der Waals surface area contributed by atoms with E-state index in [0.717, 1.165) is 5.56 Å². The van der Waals surface area contributed by atoms with Crippen LogP contribution in [0, 0.1) is 0 Å². The van der Waals surface area contributed by atoms with E-state index in [0.29, 0.717) is 17.7 Å². The molecule has 1 aromatic carbocycles. The van der Waals surface area contributed by atoms with Crippen LogP contribution in [0.2, 0.25) is 0 Å². The minimum atomic E-state index is -0.488. The van der Waals surface area contributed by atoms with Gasteiger partial charge in [0.1, 0.15) is 6.26 Å². The highest BCUT2D eigenvalue weighted by Gasteiger charge is 2.07. The number of carbonyl (C=O) groups excluding carboxylic acids is 2. The summed E-state index contributed by atoms with van der Waals surface area (Å²) in [6.45, 7) is 0.325. The van der Waals surface area contributed by atoms with E-state index >= 15 is 0 Å². The summed E-state index contributed by atoms with van der Waals surface area (Å²) in [4.78, 5) is 22.6. The Balaban J connectivity index is 2.00. The fraction of sp³-hybridized carbons (Fsp3) is 0.0769. The van der Waals surface area contributed by atoms with Gasteiger partial charge in [-0.15, -0.1) is 0 Å². The summed E-state index contributed by atoms with van der Waals surface area (Å²) in [5.74, 6) is -0.716. The van der Waals surface area contributed by atoms with Crippen LogP contribution in [0.3, 0.4) is 0 Å². The molecule has 1 aromatic heterocycles. The molecular formula is C13H12N2O3. The Kier molecular flexibility index (Phi) is 3.43. The first-order valence-electron chi connectivity index (χ1n) is 5.36. The average Bonchev–Trinajstić information content (AvgIpc) is 2.90. The highest BCUT2D eigenvalue weighted by molar-refractivity contribution is 5.94. The molecule has 0 saturated carbocycles. The first-order chi connectivity index (χ1) is 8.66. The zero-order chi connectivity index (χ0) is 13.0. The number of furan rings is 1. The minimum Gasteiger partial charge on any atom is -0.472 e. The van der Waals surface area contributed by atoms with E-state index in [1.54, 1.807) is 24.3 Å². The summed E-state index contributed by atoms with van der Waals surface area (Å²) < 4.78 is 4.82. The molecule has 0 unspecified atom stereocenters. The topological polar surface area (TPSA) is 85.3 Å². The summed E-state index contributed by atoms with van der Waals surface area (Å²) in [5.41, 5.74) is 6.87. The van der Waals surface area contributed by atoms with Crippen LogP contribution in [0.15, 0.2) is 47.3 Å². The third-order valence-electron chi connectivity index (χ3n) is 2.45. The average molecular weight is 244 g/mol. The van der Waals surface area contributed by atoms with Crippen molar-refractivity contribution in [2.45, 2.75) is 6.54 Å². The maximum Gasteiger partial charge on any atom is 0.254 e. The molecule has 2 aromatic rings. The molecule has 0 spiro atoms. The Morgan fingerprint density at radius 2 is 2.06 bits per heavy atom. The molecule has 3 N–H and O–H groups in total. The third-order valence-corrected chi connectivity index (χ3v) is 2.45. The minimum absolute atomic E-state index is 0.228. The molecule has 0 fully saturated rings. The molecule has 92 valence electrons. The number of carbonyl (C=O) groups is 2. The standard InChI is InChI=1S/C13H12N2O3/c14-12(16)10-3-1-2-9(6-10)7-15-13(17)11-4-5-18-8-11/h1-6,8H,7H2,(H2,14,16)(H,15,17). The Labute approximate surface area is 104 Å². The zero-order valence-corrected chi connectivity index (χ0v) is 9.55. The van der Waals surface area contributed by atoms with E-state index in [4.69, 9.17) is 10.2 Å². The molecule has 2 amide bonds. The summed E-state index contributed by atoms with van der Waals surface area (Å²) in [6.07, 6.45) is 2.80. The van der Waals surface area contributed by atoms with E-state index in [9.17, 15) is 9.59 Å². The van der Waals surface area contributed by atoms with Gasteiger partial charge in [0.25, 0.3) is 5.91 Å². The van der Waals surface area contributed by atoms with Crippen LogP contribution in [0.4, 0.5) is 0 Å². The largest absolute Gasteiger partial charge is 0.472 e. The van der Waals surface area contributed by atoms with Gasteiger partial charge >= 0.3 is 0 Å². The number of benzene rings is 1. The van der Waals surface area contributed by atoms with Crippen molar-refractivity contribution in [2.24, 2.45) is 5.73 Å². The normalized spacial score (nSPS) is 10.0. The van der Waals surface area contributed by atoms with E-state index < -0.39 is 5.91 Å². The maximum absolute atomic E-state index is 11.6. The molecule has 5 nitrogen and oxygen atoms in total. The number of rotatable bonds is 4. The lowest BCUT2D eigenvalue weighted by molar-refractivity contribution is 0.0949. The van der Waals surface area contributed by atoms with Gasteiger partial charge in [0.2, 0.25) is 5.91 Å². The van der Waals surface area contributed by atoms with E-state index in [1.807, 2.05) is 6.07 Å². The fourth-order valence-corrected chi connectivity index (χ4v) is 1.51. The molecule has 0 radical (unpaired) electrons. The second kappa shape index (κ2) is 5.18. The lowest BCUT2D eigenvalue weighted by atomic mass is 10.1. The zero-order valence-electron chi connectivity index (χ0n) is 9.55. The summed E-state index contributed by atoms with van der Waals surface area (Å²) in [7, 11) is 0. The van der Waals surface area contributed by atoms with Crippen molar-refractivity contribution in [3.63, 3.8) is 0 Å². The van der Waals surface area contributed by atoms with Crippen LogP contribution in [0.1, 0.15) is 26.3 Å². The summed E-state index contributed by atoms with van der Waals surface area (Å²) >= 11 is 0. The van der Waals surface area contributed by atoms with Crippen LogP contribution in [-0.2, 0) is 6.54 Å². The predicted molar refractivity (Wildman–Crippen MR) is 64.8 cm³/mol. The first kappa shape index (κ1) is 11.9. The molecule has 0 bridgehead atoms. The molecule has 5 heteroatoms. The van der Waals surface area contributed by atoms with Gasteiger partial charge < -0.3 is 15.5 Å². The fourth-order valence-electron chi connectivity index (χ4n) is 1.51.